The SMILES string of the molecule is Cc1ccc2c(c1)Oc1ccc(-c3cc(-c4ccccc4)cc(-c4ccccc4)c3)c3c1P2c1c(ccc2ccccc12)O3.Cc1ccccc1C. The average molecular weight is 689 g/mol. The Kier molecular flexibility index (Phi) is 8.19. The lowest BCUT2D eigenvalue weighted by atomic mass is 9.93. The molecule has 0 aliphatic carbocycles. The minimum absolute atomic E-state index is 0.883. The highest BCUT2D eigenvalue weighted by Crippen LogP contribution is 2.56. The number of hydrogen-bond donors (Lipinski definition) is 0. The predicted octanol–water partition coefficient (Wildman–Crippen LogP) is 12.4. The van der Waals surface area contributed by atoms with Crippen molar-refractivity contribution >= 4 is 34.6 Å². The first-order valence-electron chi connectivity index (χ1n) is 17.8. The summed E-state index contributed by atoms with van der Waals surface area (Å²) in [5.74, 6) is 3.65. The van der Waals surface area contributed by atoms with Crippen molar-refractivity contribution in [3.8, 4) is 56.4 Å². The van der Waals surface area contributed by atoms with E-state index in [1.54, 1.807) is 0 Å². The molecule has 0 N–H and O–H groups in total. The smallest absolute Gasteiger partial charge is 0.147 e. The number of hydrogen-bond acceptors (Lipinski definition) is 2. The Morgan fingerprint density at radius 1 is 0.404 bits per heavy atom. The van der Waals surface area contributed by atoms with Crippen molar-refractivity contribution < 1.29 is 9.47 Å². The molecule has 0 fully saturated rings. The lowest BCUT2D eigenvalue weighted by molar-refractivity contribution is 0.468. The van der Waals surface area contributed by atoms with Crippen molar-refractivity contribution in [1.29, 1.82) is 0 Å². The summed E-state index contributed by atoms with van der Waals surface area (Å²) in [6, 6.07) is 60.4. The molecule has 250 valence electrons. The highest BCUT2D eigenvalue weighted by atomic mass is 31.1. The molecule has 2 aliphatic heterocycles. The monoisotopic (exact) mass is 688 g/mol. The van der Waals surface area contributed by atoms with E-state index in [4.69, 9.17) is 9.47 Å². The molecule has 1 atom stereocenters. The molecule has 0 amide bonds. The van der Waals surface area contributed by atoms with Crippen LogP contribution in [-0.4, -0.2) is 0 Å². The maximum absolute atomic E-state index is 6.98. The van der Waals surface area contributed by atoms with E-state index in [1.165, 1.54) is 60.3 Å². The van der Waals surface area contributed by atoms with E-state index in [9.17, 15) is 0 Å². The van der Waals surface area contributed by atoms with Crippen molar-refractivity contribution in [2.45, 2.75) is 20.8 Å². The topological polar surface area (TPSA) is 18.5 Å². The van der Waals surface area contributed by atoms with Crippen LogP contribution >= 0.6 is 7.92 Å². The van der Waals surface area contributed by atoms with Gasteiger partial charge in [0, 0.05) is 24.1 Å². The van der Waals surface area contributed by atoms with Crippen LogP contribution in [0.1, 0.15) is 16.7 Å². The molecule has 0 aromatic heterocycles. The Hall–Kier alpha value is -5.95. The van der Waals surface area contributed by atoms with E-state index in [0.29, 0.717) is 0 Å². The molecule has 2 nitrogen and oxygen atoms in total. The Labute approximate surface area is 306 Å². The van der Waals surface area contributed by atoms with E-state index in [0.717, 1.165) is 39.4 Å². The summed E-state index contributed by atoms with van der Waals surface area (Å²) in [4.78, 5) is 0. The lowest BCUT2D eigenvalue weighted by Crippen LogP contribution is -2.32. The Morgan fingerprint density at radius 2 is 0.981 bits per heavy atom. The standard InChI is InChI=1S/C41H27O2P.C8H10/c1-26-16-21-38-37(22-26)42-36-20-18-33(39-41(36)44(38)40-34-15-9-8-14-29(34)17-19-35(40)43-39)32-24-30(27-10-4-2-5-11-27)23-31(25-32)28-12-6-3-7-13-28;1-7-5-3-4-6-8(7)2/h2-25H,1H3;3-6H,1-2H3. The van der Waals surface area contributed by atoms with Gasteiger partial charge in [0.15, 0.2) is 0 Å². The first-order chi connectivity index (χ1) is 25.5. The van der Waals surface area contributed by atoms with E-state index in [2.05, 4.69) is 191 Å². The maximum Gasteiger partial charge on any atom is 0.147 e. The lowest BCUT2D eigenvalue weighted by Gasteiger charge is -2.36. The number of fused-ring (bicyclic) bond motifs is 6. The molecule has 10 rings (SSSR count). The normalized spacial score (nSPS) is 13.4. The molecule has 0 saturated heterocycles. The maximum atomic E-state index is 6.98. The van der Waals surface area contributed by atoms with Gasteiger partial charge in [-0.3, -0.25) is 0 Å². The molecule has 52 heavy (non-hydrogen) atoms. The Morgan fingerprint density at radius 3 is 1.65 bits per heavy atom. The van der Waals surface area contributed by atoms with Crippen LogP contribution < -0.4 is 25.4 Å². The van der Waals surface area contributed by atoms with Crippen LogP contribution in [0.5, 0.6) is 23.0 Å². The van der Waals surface area contributed by atoms with Crippen LogP contribution in [0.15, 0.2) is 170 Å². The van der Waals surface area contributed by atoms with Gasteiger partial charge in [-0.25, -0.2) is 0 Å². The predicted molar refractivity (Wildman–Crippen MR) is 220 cm³/mol. The van der Waals surface area contributed by atoms with Crippen LogP contribution in [0.4, 0.5) is 0 Å². The molecule has 0 spiro atoms. The van der Waals surface area contributed by atoms with Gasteiger partial charge in [-0.05, 0) is 125 Å². The third-order valence-electron chi connectivity index (χ3n) is 10.1. The molecule has 0 bridgehead atoms. The highest BCUT2D eigenvalue weighted by Gasteiger charge is 2.39. The second kappa shape index (κ2) is 13.3. The zero-order chi connectivity index (χ0) is 35.2. The number of ether oxygens (including phenoxy) is 2. The third-order valence-corrected chi connectivity index (χ3v) is 12.7. The van der Waals surface area contributed by atoms with E-state index >= 15 is 0 Å². The molecule has 1 unspecified atom stereocenters. The van der Waals surface area contributed by atoms with E-state index < -0.39 is 7.92 Å². The third kappa shape index (κ3) is 5.76. The number of rotatable bonds is 3. The minimum atomic E-state index is -0.923. The molecule has 2 aliphatic rings. The van der Waals surface area contributed by atoms with Gasteiger partial charge in [-0.2, -0.15) is 0 Å². The Bertz CT molecular complexity index is 2530. The van der Waals surface area contributed by atoms with E-state index in [1.807, 2.05) is 0 Å². The fraction of sp³-hybridized carbons (Fsp3) is 0.0612. The zero-order valence-corrected chi connectivity index (χ0v) is 30.3. The van der Waals surface area contributed by atoms with Crippen molar-refractivity contribution in [3.63, 3.8) is 0 Å². The van der Waals surface area contributed by atoms with Gasteiger partial charge in [-0.15, -0.1) is 0 Å². The molecule has 0 radical (unpaired) electrons. The summed E-state index contributed by atoms with van der Waals surface area (Å²) in [6.07, 6.45) is 0. The number of benzene rings is 8. The van der Waals surface area contributed by atoms with Crippen molar-refractivity contribution in [3.05, 3.63) is 187 Å². The molecule has 0 saturated carbocycles. The largest absolute Gasteiger partial charge is 0.456 e. The fourth-order valence-corrected chi connectivity index (χ4v) is 9.99. The van der Waals surface area contributed by atoms with Crippen molar-refractivity contribution in [1.82, 2.24) is 0 Å². The molecular formula is C49H37O2P. The van der Waals surface area contributed by atoms with Gasteiger partial charge in [0.1, 0.15) is 23.0 Å². The van der Waals surface area contributed by atoms with Crippen molar-refractivity contribution in [2.24, 2.45) is 0 Å². The van der Waals surface area contributed by atoms with Crippen LogP contribution in [0.25, 0.3) is 44.2 Å². The first-order valence-corrected chi connectivity index (χ1v) is 19.1. The molecule has 8 aromatic carbocycles. The summed E-state index contributed by atoms with van der Waals surface area (Å²) in [5.41, 5.74) is 10.8. The van der Waals surface area contributed by atoms with Gasteiger partial charge >= 0.3 is 0 Å². The van der Waals surface area contributed by atoms with Gasteiger partial charge in [-0.1, -0.05) is 121 Å². The molecule has 3 heteroatoms. The first kappa shape index (κ1) is 32.0. The Balaban J connectivity index is 0.000000401. The minimum Gasteiger partial charge on any atom is -0.456 e. The van der Waals surface area contributed by atoms with Crippen LogP contribution in [0.2, 0.25) is 0 Å². The van der Waals surface area contributed by atoms with Gasteiger partial charge < -0.3 is 9.47 Å². The van der Waals surface area contributed by atoms with Crippen LogP contribution in [0, 0.1) is 20.8 Å². The quantitative estimate of drug-likeness (QED) is 0.172. The summed E-state index contributed by atoms with van der Waals surface area (Å²) >= 11 is 0. The molecular weight excluding hydrogens is 652 g/mol. The highest BCUT2D eigenvalue weighted by molar-refractivity contribution is 7.81. The summed E-state index contributed by atoms with van der Waals surface area (Å²) < 4.78 is 13.6. The van der Waals surface area contributed by atoms with Gasteiger partial charge in [0.2, 0.25) is 0 Å². The van der Waals surface area contributed by atoms with Gasteiger partial charge in [0.05, 0.1) is 5.30 Å². The van der Waals surface area contributed by atoms with Gasteiger partial charge in [0.25, 0.3) is 0 Å². The fourth-order valence-electron chi connectivity index (χ4n) is 7.24. The van der Waals surface area contributed by atoms with Crippen LogP contribution in [0.3, 0.4) is 0 Å². The summed E-state index contributed by atoms with van der Waals surface area (Å²) in [7, 11) is -0.923. The van der Waals surface area contributed by atoms with Crippen LogP contribution in [-0.2, 0) is 0 Å². The van der Waals surface area contributed by atoms with E-state index in [-0.39, 0.29) is 0 Å². The molecule has 2 heterocycles. The summed E-state index contributed by atoms with van der Waals surface area (Å²) in [6.45, 7) is 6.36. The van der Waals surface area contributed by atoms with Crippen molar-refractivity contribution in [2.75, 3.05) is 0 Å². The second-order valence-electron chi connectivity index (χ2n) is 13.5. The molecule has 8 aromatic rings. The average Bonchev–Trinajstić information content (AvgIpc) is 3.19. The second-order valence-corrected chi connectivity index (χ2v) is 15.6. The number of aryl methyl sites for hydroxylation is 3. The summed E-state index contributed by atoms with van der Waals surface area (Å²) in [5, 5.41) is 6.12. The zero-order valence-electron chi connectivity index (χ0n) is 29.4.